The number of amides is 1. The molecule has 0 aliphatic carbocycles. The van der Waals surface area contributed by atoms with Gasteiger partial charge in [0, 0.05) is 58.5 Å². The van der Waals surface area contributed by atoms with Crippen molar-refractivity contribution in [2.75, 3.05) is 57.8 Å². The molecule has 2 aliphatic rings. The Morgan fingerprint density at radius 3 is 2.30 bits per heavy atom. The Morgan fingerprint density at radius 1 is 1.07 bits per heavy atom. The molecule has 7 heteroatoms. The van der Waals surface area contributed by atoms with Crippen molar-refractivity contribution in [3.05, 3.63) is 42.0 Å². The van der Waals surface area contributed by atoms with Gasteiger partial charge in [-0.05, 0) is 24.6 Å². The van der Waals surface area contributed by atoms with E-state index in [1.165, 1.54) is 11.3 Å². The Bertz CT molecular complexity index is 670. The fraction of sp³-hybridized carbons (Fsp3) is 0.500. The number of carbonyl (C=O) groups excluding carboxylic acids is 1. The van der Waals surface area contributed by atoms with E-state index in [1.54, 1.807) is 11.9 Å². The van der Waals surface area contributed by atoms with Crippen LogP contribution >= 0.6 is 0 Å². The van der Waals surface area contributed by atoms with E-state index >= 15 is 0 Å². The predicted molar refractivity (Wildman–Crippen MR) is 108 cm³/mol. The van der Waals surface area contributed by atoms with Crippen LogP contribution in [0.15, 0.2) is 41.4 Å². The fourth-order valence-corrected chi connectivity index (χ4v) is 3.34. The summed E-state index contributed by atoms with van der Waals surface area (Å²) in [6.07, 6.45) is 4.16. The lowest BCUT2D eigenvalue weighted by Gasteiger charge is -2.35. The zero-order chi connectivity index (χ0) is 19.1. The number of anilines is 1. The summed E-state index contributed by atoms with van der Waals surface area (Å²) in [6.45, 7) is 7.74. The number of nitrogens with zero attached hydrogens (tertiary/aromatic N) is 4. The number of nitrogens with one attached hydrogen (secondary N) is 1. The molecule has 0 bridgehead atoms. The van der Waals surface area contributed by atoms with Gasteiger partial charge in [-0.25, -0.2) is 4.79 Å². The van der Waals surface area contributed by atoms with Crippen molar-refractivity contribution < 1.29 is 9.53 Å². The summed E-state index contributed by atoms with van der Waals surface area (Å²) in [4.78, 5) is 22.5. The third-order valence-electron chi connectivity index (χ3n) is 4.89. The molecule has 2 heterocycles. The van der Waals surface area contributed by atoms with Crippen LogP contribution in [0.2, 0.25) is 0 Å². The second-order valence-electron chi connectivity index (χ2n) is 6.62. The summed E-state index contributed by atoms with van der Waals surface area (Å²) >= 11 is 0. The van der Waals surface area contributed by atoms with Gasteiger partial charge < -0.3 is 24.8 Å². The van der Waals surface area contributed by atoms with Crippen LogP contribution in [0.4, 0.5) is 10.5 Å². The zero-order valence-corrected chi connectivity index (χ0v) is 16.2. The largest absolute Gasteiger partial charge is 0.450 e. The molecule has 0 unspecified atom stereocenters. The Kier molecular flexibility index (Phi) is 6.57. The molecule has 7 nitrogen and oxygen atoms in total. The Labute approximate surface area is 161 Å². The lowest BCUT2D eigenvalue weighted by atomic mass is 10.2. The molecule has 0 saturated carbocycles. The summed E-state index contributed by atoms with van der Waals surface area (Å²) < 4.78 is 5.07. The second-order valence-corrected chi connectivity index (χ2v) is 6.62. The quantitative estimate of drug-likeness (QED) is 0.498. The highest BCUT2D eigenvalue weighted by Gasteiger charge is 2.23. The number of guanidine groups is 1. The van der Waals surface area contributed by atoms with Gasteiger partial charge in [-0.15, -0.1) is 0 Å². The van der Waals surface area contributed by atoms with E-state index in [0.717, 1.165) is 38.7 Å². The molecule has 146 valence electrons. The van der Waals surface area contributed by atoms with Crippen LogP contribution in [0.1, 0.15) is 12.5 Å². The summed E-state index contributed by atoms with van der Waals surface area (Å²) in [5.41, 5.74) is 2.47. The molecule has 0 atom stereocenters. The molecule has 1 fully saturated rings. The molecule has 2 aliphatic heterocycles. The van der Waals surface area contributed by atoms with E-state index in [4.69, 9.17) is 4.74 Å². The van der Waals surface area contributed by atoms with Gasteiger partial charge in [-0.2, -0.15) is 0 Å². The lowest BCUT2D eigenvalue weighted by molar-refractivity contribution is 0.0914. The Hall–Kier alpha value is -2.70. The van der Waals surface area contributed by atoms with Crippen molar-refractivity contribution in [2.45, 2.75) is 13.5 Å². The first-order valence-corrected chi connectivity index (χ1v) is 9.57. The number of hydrogen-bond donors (Lipinski definition) is 1. The van der Waals surface area contributed by atoms with Crippen molar-refractivity contribution in [1.29, 1.82) is 0 Å². The predicted octanol–water partition coefficient (Wildman–Crippen LogP) is 1.91. The van der Waals surface area contributed by atoms with Crippen molar-refractivity contribution in [3.8, 4) is 0 Å². The number of hydrogen-bond acceptors (Lipinski definition) is 4. The highest BCUT2D eigenvalue weighted by Crippen LogP contribution is 2.17. The summed E-state index contributed by atoms with van der Waals surface area (Å²) in [6, 6.07) is 8.66. The molecule has 1 aromatic carbocycles. The number of carbonyl (C=O) groups is 1. The smallest absolute Gasteiger partial charge is 0.409 e. The van der Waals surface area contributed by atoms with Gasteiger partial charge in [0.2, 0.25) is 0 Å². The number of benzene rings is 1. The SMILES string of the molecule is CCOC(=O)N1CCN(C(=NC)NCc2ccc(N3CC=CC3)cc2)CC1. The molecule has 0 aromatic heterocycles. The molecule has 3 rings (SSSR count). The van der Waals surface area contributed by atoms with E-state index in [-0.39, 0.29) is 6.09 Å². The third-order valence-corrected chi connectivity index (χ3v) is 4.89. The molecular formula is C20H29N5O2. The zero-order valence-electron chi connectivity index (χ0n) is 16.2. The second kappa shape index (κ2) is 9.30. The van der Waals surface area contributed by atoms with Gasteiger partial charge in [-0.1, -0.05) is 24.3 Å². The number of rotatable bonds is 4. The van der Waals surface area contributed by atoms with Gasteiger partial charge in [-0.3, -0.25) is 4.99 Å². The maximum atomic E-state index is 11.8. The van der Waals surface area contributed by atoms with E-state index in [0.29, 0.717) is 19.7 Å². The molecule has 27 heavy (non-hydrogen) atoms. The minimum atomic E-state index is -0.228. The Morgan fingerprint density at radius 2 is 1.70 bits per heavy atom. The summed E-state index contributed by atoms with van der Waals surface area (Å²) in [5.74, 6) is 0.867. The van der Waals surface area contributed by atoms with E-state index < -0.39 is 0 Å². The highest BCUT2D eigenvalue weighted by atomic mass is 16.6. The van der Waals surface area contributed by atoms with Crippen molar-refractivity contribution in [1.82, 2.24) is 15.1 Å². The third kappa shape index (κ3) is 4.93. The minimum absolute atomic E-state index is 0.228. The fourth-order valence-electron chi connectivity index (χ4n) is 3.34. The molecule has 0 spiro atoms. The van der Waals surface area contributed by atoms with Gasteiger partial charge in [0.05, 0.1) is 6.61 Å². The molecule has 1 amide bonds. The maximum Gasteiger partial charge on any atom is 0.409 e. The molecule has 0 radical (unpaired) electrons. The van der Waals surface area contributed by atoms with Crippen LogP contribution in [-0.2, 0) is 11.3 Å². The molecular weight excluding hydrogens is 342 g/mol. The van der Waals surface area contributed by atoms with Crippen LogP contribution in [0, 0.1) is 0 Å². The summed E-state index contributed by atoms with van der Waals surface area (Å²) in [5, 5.41) is 3.43. The van der Waals surface area contributed by atoms with Crippen LogP contribution < -0.4 is 10.2 Å². The van der Waals surface area contributed by atoms with Crippen molar-refractivity contribution >= 4 is 17.7 Å². The molecule has 1 aromatic rings. The average Bonchev–Trinajstić information content (AvgIpc) is 3.24. The Balaban J connectivity index is 1.47. The van der Waals surface area contributed by atoms with Crippen LogP contribution in [-0.4, -0.2) is 74.8 Å². The molecule has 1 saturated heterocycles. The highest BCUT2D eigenvalue weighted by molar-refractivity contribution is 5.80. The number of ether oxygens (including phenoxy) is 1. The first-order valence-electron chi connectivity index (χ1n) is 9.57. The number of aliphatic imine (C=N–C) groups is 1. The lowest BCUT2D eigenvalue weighted by Crippen LogP contribution is -2.53. The van der Waals surface area contributed by atoms with E-state index in [1.807, 2.05) is 6.92 Å². The first-order chi connectivity index (χ1) is 13.2. The maximum absolute atomic E-state index is 11.8. The van der Waals surface area contributed by atoms with Crippen molar-refractivity contribution in [3.63, 3.8) is 0 Å². The number of piperazine rings is 1. The first kappa shape index (κ1) is 19.1. The average molecular weight is 371 g/mol. The van der Waals surface area contributed by atoms with E-state index in [9.17, 15) is 4.79 Å². The monoisotopic (exact) mass is 371 g/mol. The van der Waals surface area contributed by atoms with Gasteiger partial charge >= 0.3 is 6.09 Å². The van der Waals surface area contributed by atoms with Crippen LogP contribution in [0.5, 0.6) is 0 Å². The van der Waals surface area contributed by atoms with Gasteiger partial charge in [0.15, 0.2) is 5.96 Å². The van der Waals surface area contributed by atoms with Gasteiger partial charge in [0.25, 0.3) is 0 Å². The molecule has 1 N–H and O–H groups in total. The minimum Gasteiger partial charge on any atom is -0.450 e. The van der Waals surface area contributed by atoms with Crippen LogP contribution in [0.25, 0.3) is 0 Å². The van der Waals surface area contributed by atoms with Crippen LogP contribution in [0.3, 0.4) is 0 Å². The normalized spacial score (nSPS) is 17.4. The van der Waals surface area contributed by atoms with Gasteiger partial charge in [0.1, 0.15) is 0 Å². The van der Waals surface area contributed by atoms with Crippen molar-refractivity contribution in [2.24, 2.45) is 4.99 Å². The topological polar surface area (TPSA) is 60.4 Å². The summed E-state index contributed by atoms with van der Waals surface area (Å²) in [7, 11) is 1.80. The van der Waals surface area contributed by atoms with E-state index in [2.05, 4.69) is 56.5 Å². The standard InChI is InChI=1S/C20H29N5O2/c1-3-27-20(26)25-14-12-24(13-15-25)19(21-2)22-16-17-6-8-18(9-7-17)23-10-4-5-11-23/h4-9H,3,10-16H2,1-2H3,(H,21,22).